The van der Waals surface area contributed by atoms with Gasteiger partial charge in [0.2, 0.25) is 10.0 Å². The Morgan fingerprint density at radius 3 is 2.53 bits per heavy atom. The number of hydrogen-bond donors (Lipinski definition) is 3. The fourth-order valence-electron chi connectivity index (χ4n) is 2.92. The Kier molecular flexibility index (Phi) is 6.45. The van der Waals surface area contributed by atoms with Crippen LogP contribution in [-0.4, -0.2) is 67.4 Å². The molecule has 0 aromatic heterocycles. The first-order valence-corrected chi connectivity index (χ1v) is 10.3. The van der Waals surface area contributed by atoms with Crippen LogP contribution in [0.2, 0.25) is 0 Å². The molecule has 2 aromatic carbocycles. The molecule has 0 saturated carbocycles. The molecular formula is C19H19N3O7S. The Bertz CT molecular complexity index is 1090. The molecule has 10 nitrogen and oxygen atoms in total. The normalized spacial score (nSPS) is 15.2. The van der Waals surface area contributed by atoms with E-state index in [0.29, 0.717) is 18.8 Å². The Morgan fingerprint density at radius 2 is 1.87 bits per heavy atom. The fourth-order valence-corrected chi connectivity index (χ4v) is 4.38. The number of carboxylic acid groups (broad SMARTS) is 1. The Hall–Kier alpha value is -3.28. The second-order valence-electron chi connectivity index (χ2n) is 6.35. The largest absolute Gasteiger partial charge is 0.478 e. The molecule has 1 amide bonds. The average molecular weight is 433 g/mol. The van der Waals surface area contributed by atoms with Crippen molar-refractivity contribution in [1.29, 1.82) is 0 Å². The smallest absolute Gasteiger partial charge is 0.337 e. The van der Waals surface area contributed by atoms with Crippen molar-refractivity contribution in [1.82, 2.24) is 4.31 Å². The third-order valence-corrected chi connectivity index (χ3v) is 6.33. The summed E-state index contributed by atoms with van der Waals surface area (Å²) in [6.07, 6.45) is 1.05. The number of aromatic carboxylic acids is 1. The van der Waals surface area contributed by atoms with Gasteiger partial charge in [-0.05, 0) is 35.9 Å². The Balaban J connectivity index is 1.86. The first-order chi connectivity index (χ1) is 14.3. The molecule has 0 atom stereocenters. The van der Waals surface area contributed by atoms with Gasteiger partial charge in [0.05, 0.1) is 35.6 Å². The summed E-state index contributed by atoms with van der Waals surface area (Å²) in [4.78, 5) is 24.1. The highest BCUT2D eigenvalue weighted by molar-refractivity contribution is 7.89. The monoisotopic (exact) mass is 433 g/mol. The van der Waals surface area contributed by atoms with Crippen LogP contribution < -0.4 is 5.32 Å². The van der Waals surface area contributed by atoms with E-state index in [1.165, 1.54) is 46.8 Å². The molecule has 3 rings (SSSR count). The number of carboxylic acids is 1. The maximum Gasteiger partial charge on any atom is 0.337 e. The predicted octanol–water partition coefficient (Wildman–Crippen LogP) is 1.47. The predicted molar refractivity (Wildman–Crippen MR) is 107 cm³/mol. The Morgan fingerprint density at radius 1 is 1.13 bits per heavy atom. The molecule has 3 N–H and O–H groups in total. The van der Waals surface area contributed by atoms with Crippen molar-refractivity contribution in [3.63, 3.8) is 0 Å². The number of morpholine rings is 1. The minimum atomic E-state index is -3.78. The number of oxime groups is 1. The van der Waals surface area contributed by atoms with E-state index < -0.39 is 21.9 Å². The van der Waals surface area contributed by atoms with Gasteiger partial charge in [-0.1, -0.05) is 17.3 Å². The standard InChI is InChI=1S/C19H19N3O7S/c23-18(21-17-5-4-13(12-20-26)10-16(17)19(24)25)14-2-1-3-15(11-14)30(27,28)22-6-8-29-9-7-22/h1-5,10-12,26H,6-9H2,(H,21,23)(H,24,25)/b20-12+. The highest BCUT2D eigenvalue weighted by atomic mass is 32.2. The Labute approximate surface area is 172 Å². The number of hydrogen-bond acceptors (Lipinski definition) is 7. The summed E-state index contributed by atoms with van der Waals surface area (Å²) in [7, 11) is -3.78. The highest BCUT2D eigenvalue weighted by Gasteiger charge is 2.27. The van der Waals surface area contributed by atoms with Crippen molar-refractivity contribution in [2.45, 2.75) is 4.90 Å². The number of nitrogens with one attached hydrogen (secondary N) is 1. The molecule has 2 aromatic rings. The topological polar surface area (TPSA) is 146 Å². The first-order valence-electron chi connectivity index (χ1n) is 8.87. The first kappa shape index (κ1) is 21.4. The van der Waals surface area contributed by atoms with Crippen molar-refractivity contribution in [2.75, 3.05) is 31.6 Å². The lowest BCUT2D eigenvalue weighted by atomic mass is 10.1. The quantitative estimate of drug-likeness (QED) is 0.355. The minimum Gasteiger partial charge on any atom is -0.478 e. The van der Waals surface area contributed by atoms with Crippen molar-refractivity contribution < 1.29 is 33.1 Å². The summed E-state index contributed by atoms with van der Waals surface area (Å²) in [6, 6.07) is 9.56. The molecule has 0 aliphatic carbocycles. The number of sulfonamides is 1. The number of rotatable bonds is 6. The molecule has 0 unspecified atom stereocenters. The van der Waals surface area contributed by atoms with Crippen LogP contribution in [-0.2, 0) is 14.8 Å². The number of benzene rings is 2. The lowest BCUT2D eigenvalue weighted by Gasteiger charge is -2.26. The van der Waals surface area contributed by atoms with E-state index in [0.717, 1.165) is 6.21 Å². The van der Waals surface area contributed by atoms with Crippen LogP contribution in [0.4, 0.5) is 5.69 Å². The van der Waals surface area contributed by atoms with Gasteiger partial charge in [0.15, 0.2) is 0 Å². The fraction of sp³-hybridized carbons (Fsp3) is 0.211. The van der Waals surface area contributed by atoms with Crippen molar-refractivity contribution >= 4 is 33.8 Å². The molecule has 0 bridgehead atoms. The minimum absolute atomic E-state index is 0.0176. The average Bonchev–Trinajstić information content (AvgIpc) is 2.75. The van der Waals surface area contributed by atoms with Gasteiger partial charge >= 0.3 is 5.97 Å². The highest BCUT2D eigenvalue weighted by Crippen LogP contribution is 2.21. The van der Waals surface area contributed by atoms with Crippen molar-refractivity contribution in [3.05, 3.63) is 59.2 Å². The number of anilines is 1. The SMILES string of the molecule is O=C(Nc1ccc(/C=N/O)cc1C(=O)O)c1cccc(S(=O)(=O)N2CCOCC2)c1. The zero-order valence-corrected chi connectivity index (χ0v) is 16.5. The van der Waals surface area contributed by atoms with Crippen LogP contribution in [0.3, 0.4) is 0 Å². The molecular weight excluding hydrogens is 414 g/mol. The van der Waals surface area contributed by atoms with Crippen LogP contribution in [0.1, 0.15) is 26.3 Å². The number of amides is 1. The summed E-state index contributed by atoms with van der Waals surface area (Å²) in [5.74, 6) is -1.96. The van der Waals surface area contributed by atoms with E-state index in [4.69, 9.17) is 9.94 Å². The number of ether oxygens (including phenoxy) is 1. The van der Waals surface area contributed by atoms with Crippen LogP contribution in [0.15, 0.2) is 52.5 Å². The van der Waals surface area contributed by atoms with Crippen LogP contribution >= 0.6 is 0 Å². The van der Waals surface area contributed by atoms with Gasteiger partial charge in [-0.25, -0.2) is 13.2 Å². The van der Waals surface area contributed by atoms with E-state index in [-0.39, 0.29) is 34.8 Å². The zero-order valence-electron chi connectivity index (χ0n) is 15.7. The van der Waals surface area contributed by atoms with Crippen molar-refractivity contribution in [3.8, 4) is 0 Å². The lowest BCUT2D eigenvalue weighted by molar-refractivity contribution is 0.0698. The molecule has 158 valence electrons. The van der Waals surface area contributed by atoms with Crippen molar-refractivity contribution in [2.24, 2.45) is 5.16 Å². The van der Waals surface area contributed by atoms with E-state index >= 15 is 0 Å². The van der Waals surface area contributed by atoms with Gasteiger partial charge in [0, 0.05) is 18.7 Å². The second kappa shape index (κ2) is 9.03. The van der Waals surface area contributed by atoms with Gasteiger partial charge in [0.25, 0.3) is 5.91 Å². The van der Waals surface area contributed by atoms with E-state index in [1.807, 2.05) is 0 Å². The summed E-state index contributed by atoms with van der Waals surface area (Å²) >= 11 is 0. The number of nitrogens with zero attached hydrogens (tertiary/aromatic N) is 2. The van der Waals surface area contributed by atoms with Crippen LogP contribution in [0, 0.1) is 0 Å². The van der Waals surface area contributed by atoms with E-state index in [1.54, 1.807) is 0 Å². The third kappa shape index (κ3) is 4.64. The zero-order chi connectivity index (χ0) is 21.7. The van der Waals surface area contributed by atoms with Gasteiger partial charge < -0.3 is 20.4 Å². The molecule has 1 fully saturated rings. The van der Waals surface area contributed by atoms with Crippen LogP contribution in [0.5, 0.6) is 0 Å². The van der Waals surface area contributed by atoms with E-state index in [9.17, 15) is 23.1 Å². The second-order valence-corrected chi connectivity index (χ2v) is 8.29. The summed E-state index contributed by atoms with van der Waals surface area (Å²) in [5.41, 5.74) is 0.190. The summed E-state index contributed by atoms with van der Waals surface area (Å²) < 4.78 is 32.0. The molecule has 1 saturated heterocycles. The van der Waals surface area contributed by atoms with Gasteiger partial charge in [-0.3, -0.25) is 4.79 Å². The van der Waals surface area contributed by atoms with Gasteiger partial charge in [-0.15, -0.1) is 0 Å². The maximum atomic E-state index is 12.8. The molecule has 1 aliphatic rings. The lowest BCUT2D eigenvalue weighted by Crippen LogP contribution is -2.40. The summed E-state index contributed by atoms with van der Waals surface area (Å²) in [6.45, 7) is 1.05. The van der Waals surface area contributed by atoms with Gasteiger partial charge in [0.1, 0.15) is 0 Å². The van der Waals surface area contributed by atoms with Crippen LogP contribution in [0.25, 0.3) is 0 Å². The third-order valence-electron chi connectivity index (χ3n) is 4.43. The molecule has 30 heavy (non-hydrogen) atoms. The molecule has 1 aliphatic heterocycles. The maximum absolute atomic E-state index is 12.8. The molecule has 1 heterocycles. The molecule has 0 spiro atoms. The summed E-state index contributed by atoms with van der Waals surface area (Å²) in [5, 5.41) is 23.3. The molecule has 0 radical (unpaired) electrons. The number of carbonyl (C=O) groups is 2. The van der Waals surface area contributed by atoms with Gasteiger partial charge in [-0.2, -0.15) is 4.31 Å². The molecule has 11 heteroatoms. The van der Waals surface area contributed by atoms with E-state index in [2.05, 4.69) is 10.5 Å². The number of carbonyl (C=O) groups excluding carboxylic acids is 1.